The molecule has 4 N–H and O–H groups in total. The molecule has 27 heavy (non-hydrogen) atoms. The zero-order valence-corrected chi connectivity index (χ0v) is 15.3. The number of sulfonamides is 1. The van der Waals surface area contributed by atoms with E-state index in [-0.39, 0.29) is 16.5 Å². The molecule has 1 aromatic heterocycles. The first-order chi connectivity index (χ1) is 12.9. The van der Waals surface area contributed by atoms with Gasteiger partial charge in [0.05, 0.1) is 21.8 Å². The second kappa shape index (κ2) is 7.17. The van der Waals surface area contributed by atoms with Crippen molar-refractivity contribution in [2.24, 2.45) is 15.4 Å². The number of aromatic nitrogens is 1. The Kier molecular flexibility index (Phi) is 4.93. The van der Waals surface area contributed by atoms with E-state index in [2.05, 4.69) is 25.1 Å². The Hall–Kier alpha value is -3.24. The van der Waals surface area contributed by atoms with Crippen LogP contribution in [0.1, 0.15) is 12.5 Å². The molecule has 0 saturated heterocycles. The SMILES string of the molecule is CNS(=O)(=O)c1ccc(N=Nc2c(O)[nH]c3ccc(C(C)=NO)cc23)cc1. The van der Waals surface area contributed by atoms with E-state index in [9.17, 15) is 13.5 Å². The van der Waals surface area contributed by atoms with E-state index in [0.29, 0.717) is 27.9 Å². The van der Waals surface area contributed by atoms with Gasteiger partial charge in [-0.25, -0.2) is 13.1 Å². The van der Waals surface area contributed by atoms with E-state index in [1.807, 2.05) is 0 Å². The third-order valence-corrected chi connectivity index (χ3v) is 5.43. The molecule has 0 aliphatic rings. The highest BCUT2D eigenvalue weighted by Gasteiger charge is 2.13. The third-order valence-electron chi connectivity index (χ3n) is 4.00. The van der Waals surface area contributed by atoms with Gasteiger partial charge in [-0.1, -0.05) is 11.2 Å². The van der Waals surface area contributed by atoms with E-state index < -0.39 is 10.0 Å². The summed E-state index contributed by atoms with van der Waals surface area (Å²) in [6.07, 6.45) is 0. The fraction of sp³-hybridized carbons (Fsp3) is 0.118. The Labute approximate surface area is 155 Å². The molecule has 0 unspecified atom stereocenters. The van der Waals surface area contributed by atoms with Crippen LogP contribution in [0, 0.1) is 0 Å². The smallest absolute Gasteiger partial charge is 0.240 e. The lowest BCUT2D eigenvalue weighted by molar-refractivity contribution is 0.319. The molecule has 9 nitrogen and oxygen atoms in total. The fourth-order valence-corrected chi connectivity index (χ4v) is 3.20. The van der Waals surface area contributed by atoms with Crippen molar-refractivity contribution in [3.8, 4) is 5.88 Å². The minimum atomic E-state index is -3.52. The van der Waals surface area contributed by atoms with E-state index in [1.54, 1.807) is 25.1 Å². The van der Waals surface area contributed by atoms with Gasteiger partial charge in [0, 0.05) is 5.39 Å². The molecule has 0 saturated carbocycles. The number of nitrogens with zero attached hydrogens (tertiary/aromatic N) is 3. The lowest BCUT2D eigenvalue weighted by atomic mass is 10.1. The molecule has 140 valence electrons. The van der Waals surface area contributed by atoms with Crippen LogP contribution in [0.25, 0.3) is 10.9 Å². The lowest BCUT2D eigenvalue weighted by Gasteiger charge is -2.01. The van der Waals surface area contributed by atoms with E-state index in [4.69, 9.17) is 5.21 Å². The zero-order valence-electron chi connectivity index (χ0n) is 14.5. The normalized spacial score (nSPS) is 12.9. The largest absolute Gasteiger partial charge is 0.493 e. The molecule has 3 aromatic rings. The van der Waals surface area contributed by atoms with Gasteiger partial charge >= 0.3 is 0 Å². The van der Waals surface area contributed by atoms with Crippen LogP contribution < -0.4 is 4.72 Å². The maximum atomic E-state index is 11.7. The molecule has 0 atom stereocenters. The van der Waals surface area contributed by atoms with Crippen molar-refractivity contribution < 1.29 is 18.7 Å². The average Bonchev–Trinajstić information content (AvgIpc) is 3.00. The summed E-state index contributed by atoms with van der Waals surface area (Å²) in [6.45, 7) is 1.65. The minimum Gasteiger partial charge on any atom is -0.493 e. The van der Waals surface area contributed by atoms with Gasteiger partial charge in [0.25, 0.3) is 0 Å². The Morgan fingerprint density at radius 3 is 2.44 bits per heavy atom. The van der Waals surface area contributed by atoms with Crippen molar-refractivity contribution in [2.45, 2.75) is 11.8 Å². The van der Waals surface area contributed by atoms with Crippen LogP contribution in [0.3, 0.4) is 0 Å². The average molecular weight is 387 g/mol. The molecule has 0 bridgehead atoms. The van der Waals surface area contributed by atoms with Crippen LogP contribution in [-0.2, 0) is 10.0 Å². The predicted molar refractivity (Wildman–Crippen MR) is 101 cm³/mol. The van der Waals surface area contributed by atoms with Gasteiger partial charge in [-0.15, -0.1) is 5.11 Å². The summed E-state index contributed by atoms with van der Waals surface area (Å²) in [6, 6.07) is 11.0. The summed E-state index contributed by atoms with van der Waals surface area (Å²) < 4.78 is 25.7. The molecular formula is C17H17N5O4S. The van der Waals surface area contributed by atoms with Crippen LogP contribution in [0.5, 0.6) is 5.88 Å². The molecule has 0 fully saturated rings. The number of H-pyrrole nitrogens is 1. The zero-order chi connectivity index (χ0) is 19.6. The van der Waals surface area contributed by atoms with Crippen molar-refractivity contribution in [2.75, 3.05) is 7.05 Å². The molecule has 1 heterocycles. The molecular weight excluding hydrogens is 370 g/mol. The van der Waals surface area contributed by atoms with Crippen LogP contribution in [0.2, 0.25) is 0 Å². The summed E-state index contributed by atoms with van der Waals surface area (Å²) in [5, 5.41) is 30.9. The maximum Gasteiger partial charge on any atom is 0.240 e. The Bertz CT molecular complexity index is 1150. The Morgan fingerprint density at radius 2 is 1.81 bits per heavy atom. The highest BCUT2D eigenvalue weighted by molar-refractivity contribution is 7.89. The molecule has 0 spiro atoms. The number of nitrogens with one attached hydrogen (secondary N) is 2. The summed E-state index contributed by atoms with van der Waals surface area (Å²) in [5.41, 5.74) is 2.38. The number of hydrogen-bond donors (Lipinski definition) is 4. The van der Waals surface area contributed by atoms with E-state index in [0.717, 1.165) is 0 Å². The number of aromatic hydroxyl groups is 1. The first-order valence-corrected chi connectivity index (χ1v) is 9.33. The maximum absolute atomic E-state index is 11.7. The number of aromatic amines is 1. The number of azo groups is 1. The Balaban J connectivity index is 1.97. The first kappa shape index (κ1) is 18.5. The van der Waals surface area contributed by atoms with Crippen molar-refractivity contribution in [1.29, 1.82) is 0 Å². The van der Waals surface area contributed by atoms with Gasteiger partial charge in [0.1, 0.15) is 0 Å². The highest BCUT2D eigenvalue weighted by Crippen LogP contribution is 2.37. The first-order valence-electron chi connectivity index (χ1n) is 7.85. The van der Waals surface area contributed by atoms with Crippen LogP contribution in [0.4, 0.5) is 11.4 Å². The van der Waals surface area contributed by atoms with Gasteiger partial charge in [0.2, 0.25) is 15.9 Å². The summed E-state index contributed by atoms with van der Waals surface area (Å²) in [5.74, 6) is -0.154. The van der Waals surface area contributed by atoms with Gasteiger partial charge in [-0.3, -0.25) is 0 Å². The third kappa shape index (κ3) is 3.66. The second-order valence-electron chi connectivity index (χ2n) is 5.67. The topological polar surface area (TPSA) is 140 Å². The van der Waals surface area contributed by atoms with Crippen LogP contribution in [0.15, 0.2) is 62.7 Å². The monoisotopic (exact) mass is 387 g/mol. The van der Waals surface area contributed by atoms with Crippen molar-refractivity contribution in [3.63, 3.8) is 0 Å². The van der Waals surface area contributed by atoms with Crippen LogP contribution >= 0.6 is 0 Å². The van der Waals surface area contributed by atoms with Gasteiger partial charge in [0.15, 0.2) is 5.69 Å². The quantitative estimate of drug-likeness (QED) is 0.230. The van der Waals surface area contributed by atoms with Crippen molar-refractivity contribution in [1.82, 2.24) is 9.71 Å². The van der Waals surface area contributed by atoms with Gasteiger partial charge in [-0.05, 0) is 55.9 Å². The molecule has 2 aromatic carbocycles. The van der Waals surface area contributed by atoms with Crippen molar-refractivity contribution in [3.05, 3.63) is 48.0 Å². The van der Waals surface area contributed by atoms with E-state index in [1.165, 1.54) is 31.3 Å². The summed E-state index contributed by atoms with van der Waals surface area (Å²) in [7, 11) is -2.19. The number of rotatable bonds is 5. The number of hydrogen-bond acceptors (Lipinski definition) is 7. The van der Waals surface area contributed by atoms with Gasteiger partial charge in [-0.2, -0.15) is 5.11 Å². The van der Waals surface area contributed by atoms with Gasteiger partial charge < -0.3 is 15.3 Å². The number of fused-ring (bicyclic) bond motifs is 1. The number of oxime groups is 1. The summed E-state index contributed by atoms with van der Waals surface area (Å²) >= 11 is 0. The van der Waals surface area contributed by atoms with Crippen LogP contribution in [-0.4, -0.2) is 36.5 Å². The molecule has 0 radical (unpaired) electrons. The summed E-state index contributed by atoms with van der Waals surface area (Å²) in [4.78, 5) is 2.91. The Morgan fingerprint density at radius 1 is 1.11 bits per heavy atom. The van der Waals surface area contributed by atoms with Crippen molar-refractivity contribution >= 4 is 38.0 Å². The number of benzene rings is 2. The van der Waals surface area contributed by atoms with E-state index >= 15 is 0 Å². The highest BCUT2D eigenvalue weighted by atomic mass is 32.2. The standard InChI is InChI=1S/C17H17N5O4S/c1-10(22-24)11-3-8-15-14(9-11)16(17(23)19-15)21-20-12-4-6-13(7-5-12)27(25,26)18-2/h3-9,18-19,23-24H,1-2H3. The lowest BCUT2D eigenvalue weighted by Crippen LogP contribution is -2.18. The molecule has 0 amide bonds. The fourth-order valence-electron chi connectivity index (χ4n) is 2.47. The molecule has 10 heteroatoms. The molecule has 0 aliphatic carbocycles. The minimum absolute atomic E-state index is 0.113. The second-order valence-corrected chi connectivity index (χ2v) is 7.56. The predicted octanol–water partition coefficient (Wildman–Crippen LogP) is 3.40. The molecule has 0 aliphatic heterocycles. The molecule has 3 rings (SSSR count).